The summed E-state index contributed by atoms with van der Waals surface area (Å²) >= 11 is 0. The fourth-order valence-electron chi connectivity index (χ4n) is 1.59. The molecule has 2 rings (SSSR count). The quantitative estimate of drug-likeness (QED) is 0.780. The lowest BCUT2D eigenvalue weighted by atomic mass is 9.99. The fourth-order valence-corrected chi connectivity index (χ4v) is 1.59. The number of aromatic hydroxyl groups is 1. The Kier molecular flexibility index (Phi) is 2.70. The van der Waals surface area contributed by atoms with Crippen molar-refractivity contribution in [2.24, 2.45) is 5.73 Å². The molecule has 15 heavy (non-hydrogen) atoms. The maximum Gasteiger partial charge on any atom is 0.120 e. The molecule has 76 valence electrons. The number of hydrogen-bond donors (Lipinski definition) is 2. The molecule has 0 aliphatic rings. The summed E-state index contributed by atoms with van der Waals surface area (Å²) in [6.45, 7) is 0. The normalized spacial score (nSPS) is 12.3. The van der Waals surface area contributed by atoms with Gasteiger partial charge in [0, 0.05) is 5.56 Å². The van der Waals surface area contributed by atoms with Gasteiger partial charge in [-0.3, -0.25) is 0 Å². The van der Waals surface area contributed by atoms with E-state index in [4.69, 9.17) is 5.73 Å². The zero-order valence-corrected chi connectivity index (χ0v) is 8.30. The number of benzene rings is 2. The highest BCUT2D eigenvalue weighted by atomic mass is 16.3. The van der Waals surface area contributed by atoms with E-state index in [0.717, 1.165) is 11.1 Å². The monoisotopic (exact) mass is 199 g/mol. The molecule has 0 amide bonds. The zero-order chi connectivity index (χ0) is 10.7. The Bertz CT molecular complexity index is 439. The molecule has 0 fully saturated rings. The van der Waals surface area contributed by atoms with E-state index in [1.165, 1.54) is 0 Å². The second-order valence-corrected chi connectivity index (χ2v) is 3.45. The molecule has 3 N–H and O–H groups in total. The Labute approximate surface area is 89.0 Å². The summed E-state index contributed by atoms with van der Waals surface area (Å²) in [6.07, 6.45) is 0. The average Bonchev–Trinajstić information content (AvgIpc) is 2.30. The van der Waals surface area contributed by atoms with Gasteiger partial charge in [0.2, 0.25) is 0 Å². The number of hydrogen-bond acceptors (Lipinski definition) is 2. The van der Waals surface area contributed by atoms with Crippen molar-refractivity contribution in [1.82, 2.24) is 0 Å². The van der Waals surface area contributed by atoms with Crippen LogP contribution in [0, 0.1) is 0 Å². The third-order valence-electron chi connectivity index (χ3n) is 2.43. The van der Waals surface area contributed by atoms with Crippen molar-refractivity contribution in [3.63, 3.8) is 0 Å². The van der Waals surface area contributed by atoms with Crippen LogP contribution in [0.5, 0.6) is 5.75 Å². The molecule has 0 aliphatic carbocycles. The molecule has 2 heteroatoms. The van der Waals surface area contributed by atoms with Gasteiger partial charge in [0.05, 0.1) is 6.04 Å². The van der Waals surface area contributed by atoms with Gasteiger partial charge < -0.3 is 10.8 Å². The van der Waals surface area contributed by atoms with Gasteiger partial charge in [-0.1, -0.05) is 48.5 Å². The number of phenolic OH excluding ortho intramolecular Hbond substituents is 1. The summed E-state index contributed by atoms with van der Waals surface area (Å²) in [5.74, 6) is 0.244. The van der Waals surface area contributed by atoms with Crippen LogP contribution in [-0.2, 0) is 0 Å². The average molecular weight is 199 g/mol. The zero-order valence-electron chi connectivity index (χ0n) is 8.30. The van der Waals surface area contributed by atoms with Gasteiger partial charge in [0.25, 0.3) is 0 Å². The van der Waals surface area contributed by atoms with Crippen molar-refractivity contribution in [2.45, 2.75) is 6.04 Å². The van der Waals surface area contributed by atoms with Crippen molar-refractivity contribution >= 4 is 0 Å². The van der Waals surface area contributed by atoms with E-state index in [1.807, 2.05) is 42.5 Å². The molecule has 2 aromatic rings. The van der Waals surface area contributed by atoms with Crippen LogP contribution in [0.3, 0.4) is 0 Å². The molecule has 0 unspecified atom stereocenters. The second kappa shape index (κ2) is 4.15. The summed E-state index contributed by atoms with van der Waals surface area (Å²) in [6, 6.07) is 16.6. The molecule has 0 bridgehead atoms. The van der Waals surface area contributed by atoms with Gasteiger partial charge in [-0.15, -0.1) is 0 Å². The number of para-hydroxylation sites is 1. The van der Waals surface area contributed by atoms with Crippen molar-refractivity contribution in [2.75, 3.05) is 0 Å². The number of nitrogens with two attached hydrogens (primary N) is 1. The maximum absolute atomic E-state index is 9.66. The highest BCUT2D eigenvalue weighted by Crippen LogP contribution is 2.26. The van der Waals surface area contributed by atoms with Crippen LogP contribution in [0.2, 0.25) is 0 Å². The van der Waals surface area contributed by atoms with Crippen LogP contribution in [0.25, 0.3) is 0 Å². The van der Waals surface area contributed by atoms with Crippen LogP contribution in [0.1, 0.15) is 17.2 Å². The first-order chi connectivity index (χ1) is 7.29. The van der Waals surface area contributed by atoms with Crippen molar-refractivity contribution in [3.05, 3.63) is 65.7 Å². The van der Waals surface area contributed by atoms with Gasteiger partial charge in [0.1, 0.15) is 5.75 Å². The Morgan fingerprint density at radius 3 is 2.13 bits per heavy atom. The van der Waals surface area contributed by atoms with E-state index in [-0.39, 0.29) is 11.8 Å². The van der Waals surface area contributed by atoms with Gasteiger partial charge >= 0.3 is 0 Å². The topological polar surface area (TPSA) is 46.2 Å². The number of rotatable bonds is 2. The Morgan fingerprint density at radius 1 is 0.867 bits per heavy atom. The van der Waals surface area contributed by atoms with Crippen molar-refractivity contribution in [1.29, 1.82) is 0 Å². The summed E-state index contributed by atoms with van der Waals surface area (Å²) in [7, 11) is 0. The van der Waals surface area contributed by atoms with E-state index in [0.29, 0.717) is 0 Å². The number of phenols is 1. The molecule has 0 saturated heterocycles. The Balaban J connectivity index is 2.37. The van der Waals surface area contributed by atoms with E-state index in [9.17, 15) is 5.11 Å². The predicted octanol–water partition coefficient (Wildman–Crippen LogP) is 2.44. The highest BCUT2D eigenvalue weighted by Gasteiger charge is 2.11. The molecule has 0 aliphatic heterocycles. The summed E-state index contributed by atoms with van der Waals surface area (Å²) < 4.78 is 0. The van der Waals surface area contributed by atoms with E-state index < -0.39 is 0 Å². The molecular formula is C13H13NO. The highest BCUT2D eigenvalue weighted by molar-refractivity contribution is 5.40. The Morgan fingerprint density at radius 2 is 1.47 bits per heavy atom. The molecule has 0 heterocycles. The molecule has 0 spiro atoms. The first-order valence-electron chi connectivity index (χ1n) is 4.87. The SMILES string of the molecule is N[C@@H](c1ccccc1)c1ccccc1O. The first kappa shape index (κ1) is 9.74. The summed E-state index contributed by atoms with van der Waals surface area (Å²) in [5.41, 5.74) is 7.81. The fraction of sp³-hybridized carbons (Fsp3) is 0.0769. The molecular weight excluding hydrogens is 186 g/mol. The molecule has 0 saturated carbocycles. The van der Waals surface area contributed by atoms with E-state index in [1.54, 1.807) is 12.1 Å². The molecule has 2 aromatic carbocycles. The smallest absolute Gasteiger partial charge is 0.120 e. The summed E-state index contributed by atoms with van der Waals surface area (Å²) in [5, 5.41) is 9.66. The van der Waals surface area contributed by atoms with Crippen LogP contribution in [-0.4, -0.2) is 5.11 Å². The minimum absolute atomic E-state index is 0.244. The van der Waals surface area contributed by atoms with Crippen molar-refractivity contribution in [3.8, 4) is 5.75 Å². The molecule has 0 aromatic heterocycles. The predicted molar refractivity (Wildman–Crippen MR) is 60.6 cm³/mol. The maximum atomic E-state index is 9.66. The van der Waals surface area contributed by atoms with Gasteiger partial charge in [-0.25, -0.2) is 0 Å². The molecule has 1 atom stereocenters. The van der Waals surface area contributed by atoms with Crippen molar-refractivity contribution < 1.29 is 5.11 Å². The Hall–Kier alpha value is -1.80. The minimum atomic E-state index is -0.271. The van der Waals surface area contributed by atoms with Gasteiger partial charge in [-0.05, 0) is 11.6 Å². The lowest BCUT2D eigenvalue weighted by molar-refractivity contribution is 0.465. The van der Waals surface area contributed by atoms with Gasteiger partial charge in [-0.2, -0.15) is 0 Å². The third kappa shape index (κ3) is 2.00. The standard InChI is InChI=1S/C13H13NO/c14-13(10-6-2-1-3-7-10)11-8-4-5-9-12(11)15/h1-9,13,15H,14H2/t13-/m0/s1. The molecule has 0 radical (unpaired) electrons. The second-order valence-electron chi connectivity index (χ2n) is 3.45. The third-order valence-corrected chi connectivity index (χ3v) is 2.43. The molecule has 2 nitrogen and oxygen atoms in total. The lowest BCUT2D eigenvalue weighted by Crippen LogP contribution is -2.11. The van der Waals surface area contributed by atoms with Crippen LogP contribution in [0.4, 0.5) is 0 Å². The van der Waals surface area contributed by atoms with Crippen LogP contribution < -0.4 is 5.73 Å². The minimum Gasteiger partial charge on any atom is -0.508 e. The van der Waals surface area contributed by atoms with Crippen LogP contribution in [0.15, 0.2) is 54.6 Å². The lowest BCUT2D eigenvalue weighted by Gasteiger charge is -2.13. The van der Waals surface area contributed by atoms with E-state index in [2.05, 4.69) is 0 Å². The summed E-state index contributed by atoms with van der Waals surface area (Å²) in [4.78, 5) is 0. The first-order valence-corrected chi connectivity index (χ1v) is 4.87. The largest absolute Gasteiger partial charge is 0.508 e. The van der Waals surface area contributed by atoms with Crippen LogP contribution >= 0.6 is 0 Å². The van der Waals surface area contributed by atoms with Gasteiger partial charge in [0.15, 0.2) is 0 Å². The van der Waals surface area contributed by atoms with E-state index >= 15 is 0 Å².